The van der Waals surface area contributed by atoms with Crippen molar-refractivity contribution in [3.8, 4) is 17.6 Å². The van der Waals surface area contributed by atoms with Crippen LogP contribution in [0.5, 0.6) is 5.75 Å². The summed E-state index contributed by atoms with van der Waals surface area (Å²) in [7, 11) is 1.59. The largest absolute Gasteiger partial charge is 0.495 e. The van der Waals surface area contributed by atoms with Crippen LogP contribution in [0, 0.1) is 29.6 Å². The molecule has 2 amide bonds. The molecule has 0 bridgehead atoms. The van der Waals surface area contributed by atoms with Gasteiger partial charge in [0.15, 0.2) is 0 Å². The molecule has 6 nitrogen and oxygen atoms in total. The summed E-state index contributed by atoms with van der Waals surface area (Å²) in [5.74, 6) is 6.64. The predicted octanol–water partition coefficient (Wildman–Crippen LogP) is 3.11. The Kier molecular flexibility index (Phi) is 6.13. The lowest BCUT2D eigenvalue weighted by Crippen LogP contribution is -2.47. The molecule has 1 fully saturated rings. The van der Waals surface area contributed by atoms with Gasteiger partial charge in [0, 0.05) is 24.4 Å². The van der Waals surface area contributed by atoms with Gasteiger partial charge < -0.3 is 10.1 Å². The van der Waals surface area contributed by atoms with Crippen molar-refractivity contribution in [3.63, 3.8) is 0 Å². The molecule has 162 valence electrons. The number of hydrogen-bond acceptors (Lipinski definition) is 4. The Hall–Kier alpha value is -3.07. The van der Waals surface area contributed by atoms with Gasteiger partial charge in [-0.25, -0.2) is 5.01 Å². The topological polar surface area (TPSA) is 71.0 Å². The Morgan fingerprint density at radius 1 is 1.26 bits per heavy atom. The second-order valence-electron chi connectivity index (χ2n) is 8.74. The second-order valence-corrected chi connectivity index (χ2v) is 8.74. The quantitative estimate of drug-likeness (QED) is 0.589. The summed E-state index contributed by atoms with van der Waals surface area (Å²) in [5, 5.41) is 9.23. The number of carbonyl (C=O) groups excluding carboxylic acids is 2. The van der Waals surface area contributed by atoms with Crippen LogP contribution in [0.2, 0.25) is 0 Å². The highest BCUT2D eigenvalue weighted by Crippen LogP contribution is 2.36. The monoisotopic (exact) mass is 419 g/mol. The van der Waals surface area contributed by atoms with Crippen LogP contribution in [-0.4, -0.2) is 42.2 Å². The van der Waals surface area contributed by atoms with E-state index < -0.39 is 0 Å². The first-order valence-electron chi connectivity index (χ1n) is 11.0. The van der Waals surface area contributed by atoms with E-state index in [9.17, 15) is 9.59 Å². The summed E-state index contributed by atoms with van der Waals surface area (Å²) in [4.78, 5) is 25.0. The summed E-state index contributed by atoms with van der Waals surface area (Å²) >= 11 is 0. The number of fused-ring (bicyclic) bond motifs is 1. The maximum Gasteiger partial charge on any atom is 0.296 e. The van der Waals surface area contributed by atoms with Crippen molar-refractivity contribution in [2.75, 3.05) is 13.7 Å². The molecule has 0 radical (unpaired) electrons. The fourth-order valence-corrected chi connectivity index (χ4v) is 4.13. The summed E-state index contributed by atoms with van der Waals surface area (Å²) in [6.07, 6.45) is 8.10. The van der Waals surface area contributed by atoms with Crippen LogP contribution in [-0.2, 0) is 9.59 Å². The number of rotatable bonds is 5. The van der Waals surface area contributed by atoms with E-state index in [1.807, 2.05) is 32.0 Å². The van der Waals surface area contributed by atoms with Crippen LogP contribution < -0.4 is 10.1 Å². The summed E-state index contributed by atoms with van der Waals surface area (Å²) in [6, 6.07) is 5.72. The summed E-state index contributed by atoms with van der Waals surface area (Å²) in [6.45, 7) is 4.64. The van der Waals surface area contributed by atoms with Crippen molar-refractivity contribution >= 4 is 17.5 Å². The number of allylic oxidation sites excluding steroid dienone is 2. The van der Waals surface area contributed by atoms with E-state index in [4.69, 9.17) is 9.84 Å². The molecule has 2 atom stereocenters. The third-order valence-electron chi connectivity index (χ3n) is 6.09. The van der Waals surface area contributed by atoms with Gasteiger partial charge in [0.1, 0.15) is 5.75 Å². The molecule has 0 saturated heterocycles. The highest BCUT2D eigenvalue weighted by Gasteiger charge is 2.40. The lowest BCUT2D eigenvalue weighted by atomic mass is 9.76. The Bertz CT molecular complexity index is 995. The van der Waals surface area contributed by atoms with E-state index in [0.717, 1.165) is 24.1 Å². The van der Waals surface area contributed by atoms with Gasteiger partial charge in [-0.15, -0.1) is 0 Å². The van der Waals surface area contributed by atoms with Crippen molar-refractivity contribution in [1.29, 1.82) is 0 Å². The van der Waals surface area contributed by atoms with Gasteiger partial charge in [-0.05, 0) is 69.2 Å². The lowest BCUT2D eigenvalue weighted by molar-refractivity contribution is -0.139. The zero-order valence-electron chi connectivity index (χ0n) is 18.4. The summed E-state index contributed by atoms with van der Waals surface area (Å²) in [5.41, 5.74) is 2.44. The zero-order chi connectivity index (χ0) is 22.0. The average molecular weight is 420 g/mol. The molecular weight excluding hydrogens is 390 g/mol. The fraction of sp³-hybridized carbons (Fsp3) is 0.480. The molecule has 1 aromatic rings. The van der Waals surface area contributed by atoms with Crippen molar-refractivity contribution in [2.24, 2.45) is 22.9 Å². The molecule has 2 aliphatic carbocycles. The van der Waals surface area contributed by atoms with E-state index in [-0.39, 0.29) is 29.7 Å². The molecule has 1 saturated carbocycles. The number of benzene rings is 1. The highest BCUT2D eigenvalue weighted by molar-refractivity contribution is 6.07. The number of methoxy groups -OCH3 is 1. The third kappa shape index (κ3) is 4.66. The lowest BCUT2D eigenvalue weighted by Gasteiger charge is -2.38. The van der Waals surface area contributed by atoms with Gasteiger partial charge >= 0.3 is 0 Å². The molecule has 1 N–H and O–H groups in total. The van der Waals surface area contributed by atoms with Crippen LogP contribution >= 0.6 is 0 Å². The van der Waals surface area contributed by atoms with Crippen LogP contribution in [0.15, 0.2) is 35.5 Å². The Balaban J connectivity index is 1.65. The van der Waals surface area contributed by atoms with E-state index in [2.05, 4.69) is 29.3 Å². The van der Waals surface area contributed by atoms with Crippen LogP contribution in [0.1, 0.15) is 50.7 Å². The molecule has 3 aliphatic rings. The molecule has 6 heteroatoms. The molecule has 0 unspecified atom stereocenters. The first-order chi connectivity index (χ1) is 15.0. The number of nitrogens with one attached hydrogen (secondary N) is 1. The predicted molar refractivity (Wildman–Crippen MR) is 119 cm³/mol. The van der Waals surface area contributed by atoms with Gasteiger partial charge in [-0.2, -0.15) is 5.10 Å². The molecule has 1 aromatic carbocycles. The average Bonchev–Trinajstić information content (AvgIpc) is 3.61. The van der Waals surface area contributed by atoms with Gasteiger partial charge in [0.2, 0.25) is 5.91 Å². The molecule has 0 spiro atoms. The van der Waals surface area contributed by atoms with E-state index >= 15 is 0 Å². The Morgan fingerprint density at radius 3 is 2.68 bits per heavy atom. The number of ether oxygens (including phenoxy) is 1. The van der Waals surface area contributed by atoms with Crippen LogP contribution in [0.25, 0.3) is 0 Å². The minimum absolute atomic E-state index is 0.0120. The highest BCUT2D eigenvalue weighted by atomic mass is 16.5. The minimum atomic E-state index is -0.275. The SMILES string of the molecule is COc1ccc(C2=NN(C(C)C)C(=O)[C@@H]3CC=CC[C@H]23)cc1C#CC(=O)NCC1CC1. The van der Waals surface area contributed by atoms with Crippen molar-refractivity contribution in [3.05, 3.63) is 41.5 Å². The van der Waals surface area contributed by atoms with E-state index in [1.165, 1.54) is 12.8 Å². The number of amides is 2. The van der Waals surface area contributed by atoms with Crippen molar-refractivity contribution in [2.45, 2.75) is 45.6 Å². The molecule has 1 heterocycles. The number of hydrazone groups is 1. The molecular formula is C25H29N3O3. The normalized spacial score (nSPS) is 22.4. The van der Waals surface area contributed by atoms with E-state index in [0.29, 0.717) is 23.8 Å². The smallest absolute Gasteiger partial charge is 0.296 e. The molecule has 4 rings (SSSR count). The first-order valence-corrected chi connectivity index (χ1v) is 11.0. The summed E-state index contributed by atoms with van der Waals surface area (Å²) < 4.78 is 5.46. The van der Waals surface area contributed by atoms with E-state index in [1.54, 1.807) is 12.1 Å². The van der Waals surface area contributed by atoms with Gasteiger partial charge in [0.25, 0.3) is 5.91 Å². The second kappa shape index (κ2) is 8.97. The standard InChI is InChI=1S/C25H29N3O3/c1-16(2)28-25(30)21-7-5-4-6-20(21)24(27-28)19-10-12-22(31-3)18(14-19)11-13-23(29)26-15-17-8-9-17/h4-5,10,12,14,16-17,20-21H,6-9,15H2,1-3H3,(H,26,29)/t20-,21+/m0/s1. The molecule has 31 heavy (non-hydrogen) atoms. The number of nitrogens with zero attached hydrogens (tertiary/aromatic N) is 2. The molecule has 1 aliphatic heterocycles. The number of carbonyl (C=O) groups is 2. The number of hydrogen-bond donors (Lipinski definition) is 1. The zero-order valence-corrected chi connectivity index (χ0v) is 18.4. The van der Waals surface area contributed by atoms with Crippen molar-refractivity contribution < 1.29 is 14.3 Å². The van der Waals surface area contributed by atoms with Gasteiger partial charge in [0.05, 0.1) is 24.3 Å². The first kappa shape index (κ1) is 21.2. The Labute approximate surface area is 183 Å². The fourth-order valence-electron chi connectivity index (χ4n) is 4.13. The minimum Gasteiger partial charge on any atom is -0.495 e. The van der Waals surface area contributed by atoms with Gasteiger partial charge in [-0.3, -0.25) is 9.59 Å². The van der Waals surface area contributed by atoms with Crippen LogP contribution in [0.3, 0.4) is 0 Å². The van der Waals surface area contributed by atoms with Gasteiger partial charge in [-0.1, -0.05) is 18.1 Å². The Morgan fingerprint density at radius 2 is 2.00 bits per heavy atom. The van der Waals surface area contributed by atoms with Crippen molar-refractivity contribution in [1.82, 2.24) is 10.3 Å². The van der Waals surface area contributed by atoms with Crippen LogP contribution in [0.4, 0.5) is 0 Å². The molecule has 0 aromatic heterocycles. The maximum atomic E-state index is 12.9. The maximum absolute atomic E-state index is 12.9. The third-order valence-corrected chi connectivity index (χ3v) is 6.09.